The Labute approximate surface area is 285 Å². The molecule has 4 heteroatoms. The Morgan fingerprint density at radius 1 is 0.449 bits per heavy atom. The summed E-state index contributed by atoms with van der Waals surface area (Å²) in [5.41, 5.74) is 11.1. The monoisotopic (exact) mass is 629 g/mol. The molecule has 0 saturated heterocycles. The molecule has 0 amide bonds. The predicted molar refractivity (Wildman–Crippen MR) is 197 cm³/mol. The third kappa shape index (κ3) is 5.43. The number of hydrogen-bond acceptors (Lipinski definition) is 4. The molecule has 2 aliphatic rings. The van der Waals surface area contributed by atoms with Crippen molar-refractivity contribution in [2.24, 2.45) is 0 Å². The average molecular weight is 630 g/mol. The van der Waals surface area contributed by atoms with E-state index in [2.05, 4.69) is 127 Å². The largest absolute Gasteiger partial charge is 0.460 e. The quantitative estimate of drug-likeness (QED) is 0.184. The van der Waals surface area contributed by atoms with Gasteiger partial charge in [0.2, 0.25) is 0 Å². The van der Waals surface area contributed by atoms with Gasteiger partial charge in [-0.15, -0.1) is 0 Å². The number of allylic oxidation sites excluding steroid dienone is 4. The van der Waals surface area contributed by atoms with E-state index < -0.39 is 0 Å². The Morgan fingerprint density at radius 3 is 1.76 bits per heavy atom. The molecule has 1 aromatic heterocycles. The van der Waals surface area contributed by atoms with Crippen LogP contribution in [-0.2, 0) is 0 Å². The van der Waals surface area contributed by atoms with E-state index in [-0.39, 0.29) is 5.92 Å². The topological polar surface area (TPSA) is 47.9 Å². The summed E-state index contributed by atoms with van der Waals surface area (Å²) in [5.74, 6) is 3.84. The lowest BCUT2D eigenvalue weighted by molar-refractivity contribution is 0.428. The molecule has 0 bridgehead atoms. The normalized spacial score (nSPS) is 14.7. The summed E-state index contributed by atoms with van der Waals surface area (Å²) < 4.78 is 6.44. The number of ether oxygens (including phenoxy) is 1. The van der Waals surface area contributed by atoms with E-state index >= 15 is 0 Å². The van der Waals surface area contributed by atoms with E-state index in [4.69, 9.17) is 19.7 Å². The van der Waals surface area contributed by atoms with Crippen molar-refractivity contribution in [3.8, 4) is 61.9 Å². The minimum Gasteiger partial charge on any atom is -0.460 e. The van der Waals surface area contributed by atoms with Crippen LogP contribution in [0.3, 0.4) is 0 Å². The molecule has 7 aromatic rings. The van der Waals surface area contributed by atoms with Gasteiger partial charge in [-0.3, -0.25) is 0 Å². The second kappa shape index (κ2) is 12.3. The minimum atomic E-state index is 0.159. The van der Waals surface area contributed by atoms with Crippen LogP contribution in [0, 0.1) is 0 Å². The van der Waals surface area contributed by atoms with Gasteiger partial charge in [-0.2, -0.15) is 0 Å². The van der Waals surface area contributed by atoms with Gasteiger partial charge in [0.15, 0.2) is 17.5 Å². The standard InChI is InChI=1S/C45H31N3O/c1-3-13-31(14-4-1)36-19-7-8-20-37(36)35-18-11-17-34(29-35)30-25-27-33(28-26-30)44-46-43(32-15-5-2-6-16-32)47-45(48-44)40-23-12-22-39-38-21-9-10-24-41(38)49-42(39)40/h1-21,23-29,39H,22H2. The molecule has 0 radical (unpaired) electrons. The number of aromatic nitrogens is 3. The Morgan fingerprint density at radius 2 is 1.00 bits per heavy atom. The van der Waals surface area contributed by atoms with Crippen molar-refractivity contribution in [3.63, 3.8) is 0 Å². The first-order valence-electron chi connectivity index (χ1n) is 16.6. The van der Waals surface area contributed by atoms with Gasteiger partial charge in [-0.1, -0.05) is 158 Å². The van der Waals surface area contributed by atoms with Crippen LogP contribution in [0.4, 0.5) is 0 Å². The Kier molecular flexibility index (Phi) is 7.25. The van der Waals surface area contributed by atoms with E-state index in [1.54, 1.807) is 0 Å². The second-order valence-electron chi connectivity index (χ2n) is 12.4. The zero-order valence-corrected chi connectivity index (χ0v) is 26.7. The van der Waals surface area contributed by atoms with Crippen molar-refractivity contribution in [1.29, 1.82) is 0 Å². The molecular weight excluding hydrogens is 599 g/mol. The first kappa shape index (κ1) is 28.8. The lowest BCUT2D eigenvalue weighted by atomic mass is 9.89. The smallest absolute Gasteiger partial charge is 0.167 e. The summed E-state index contributed by atoms with van der Waals surface area (Å²) >= 11 is 0. The van der Waals surface area contributed by atoms with Crippen LogP contribution in [0.15, 0.2) is 176 Å². The maximum Gasteiger partial charge on any atom is 0.167 e. The van der Waals surface area contributed by atoms with Crippen LogP contribution >= 0.6 is 0 Å². The molecule has 1 atom stereocenters. The maximum atomic E-state index is 6.44. The molecule has 0 spiro atoms. The number of hydrogen-bond donors (Lipinski definition) is 0. The SMILES string of the molecule is C1=CC(c2nc(-c3ccccc3)nc(-c3ccc(-c4cccc(-c5ccccc5-c5ccccc5)c4)cc3)n2)=C2Oc3ccccc3C2C1. The van der Waals surface area contributed by atoms with Crippen LogP contribution in [0.5, 0.6) is 5.75 Å². The molecule has 1 aliphatic carbocycles. The van der Waals surface area contributed by atoms with Crippen molar-refractivity contribution < 1.29 is 4.74 Å². The van der Waals surface area contributed by atoms with Gasteiger partial charge in [-0.25, -0.2) is 15.0 Å². The van der Waals surface area contributed by atoms with E-state index in [9.17, 15) is 0 Å². The first-order chi connectivity index (χ1) is 24.3. The van der Waals surface area contributed by atoms with Crippen LogP contribution in [0.2, 0.25) is 0 Å². The highest BCUT2D eigenvalue weighted by Gasteiger charge is 2.34. The Hall–Kier alpha value is -6.39. The Bertz CT molecular complexity index is 2380. The van der Waals surface area contributed by atoms with Gasteiger partial charge >= 0.3 is 0 Å². The third-order valence-corrected chi connectivity index (χ3v) is 9.32. The van der Waals surface area contributed by atoms with E-state index in [0.29, 0.717) is 17.5 Å². The zero-order chi connectivity index (χ0) is 32.6. The Balaban J connectivity index is 1.09. The highest BCUT2D eigenvalue weighted by Crippen LogP contribution is 2.47. The molecule has 0 fully saturated rings. The van der Waals surface area contributed by atoms with Crippen LogP contribution < -0.4 is 4.74 Å². The number of rotatable bonds is 6. The molecule has 6 aromatic carbocycles. The van der Waals surface area contributed by atoms with E-state index in [1.807, 2.05) is 42.5 Å². The van der Waals surface area contributed by atoms with Gasteiger partial charge < -0.3 is 4.74 Å². The molecule has 9 rings (SSSR count). The highest BCUT2D eigenvalue weighted by atomic mass is 16.5. The summed E-state index contributed by atoms with van der Waals surface area (Å²) in [6.45, 7) is 0. The third-order valence-electron chi connectivity index (χ3n) is 9.32. The van der Waals surface area contributed by atoms with Gasteiger partial charge in [-0.05, 0) is 51.9 Å². The predicted octanol–water partition coefficient (Wildman–Crippen LogP) is 11.1. The summed E-state index contributed by atoms with van der Waals surface area (Å²) in [7, 11) is 0. The van der Waals surface area contributed by atoms with Gasteiger partial charge in [0.1, 0.15) is 11.5 Å². The zero-order valence-electron chi connectivity index (χ0n) is 26.7. The molecule has 232 valence electrons. The van der Waals surface area contributed by atoms with Gasteiger partial charge in [0.25, 0.3) is 0 Å². The number of nitrogens with zero attached hydrogens (tertiary/aromatic N) is 3. The fraction of sp³-hybridized carbons (Fsp3) is 0.0444. The number of para-hydroxylation sites is 1. The molecule has 0 N–H and O–H groups in total. The number of benzene rings is 6. The van der Waals surface area contributed by atoms with Gasteiger partial charge in [0.05, 0.1) is 11.5 Å². The second-order valence-corrected chi connectivity index (χ2v) is 12.4. The summed E-state index contributed by atoms with van der Waals surface area (Å²) in [5, 5.41) is 0. The highest BCUT2D eigenvalue weighted by molar-refractivity contribution is 5.85. The summed E-state index contributed by atoms with van der Waals surface area (Å²) in [6.07, 6.45) is 5.18. The lowest BCUT2D eigenvalue weighted by Gasteiger charge is -2.17. The van der Waals surface area contributed by atoms with Crippen molar-refractivity contribution >= 4 is 5.57 Å². The number of fused-ring (bicyclic) bond motifs is 3. The average Bonchev–Trinajstić information content (AvgIpc) is 3.58. The van der Waals surface area contributed by atoms with Crippen LogP contribution in [-0.4, -0.2) is 15.0 Å². The minimum absolute atomic E-state index is 0.159. The molecule has 49 heavy (non-hydrogen) atoms. The molecule has 4 nitrogen and oxygen atoms in total. The van der Waals surface area contributed by atoms with Gasteiger partial charge in [0, 0.05) is 16.7 Å². The molecule has 0 saturated carbocycles. The lowest BCUT2D eigenvalue weighted by Crippen LogP contribution is -2.09. The summed E-state index contributed by atoms with van der Waals surface area (Å²) in [6, 6.07) is 54.8. The van der Waals surface area contributed by atoms with Crippen molar-refractivity contribution in [3.05, 3.63) is 187 Å². The molecule has 1 aliphatic heterocycles. The van der Waals surface area contributed by atoms with Crippen molar-refractivity contribution in [1.82, 2.24) is 15.0 Å². The summed E-state index contributed by atoms with van der Waals surface area (Å²) in [4.78, 5) is 15.0. The molecule has 1 unspecified atom stereocenters. The fourth-order valence-corrected chi connectivity index (χ4v) is 6.88. The first-order valence-corrected chi connectivity index (χ1v) is 16.6. The maximum absolute atomic E-state index is 6.44. The molecular formula is C45H31N3O. The fourth-order valence-electron chi connectivity index (χ4n) is 6.88. The molecule has 2 heterocycles. The van der Waals surface area contributed by atoms with Crippen molar-refractivity contribution in [2.75, 3.05) is 0 Å². The van der Waals surface area contributed by atoms with E-state index in [1.165, 1.54) is 27.8 Å². The van der Waals surface area contributed by atoms with Crippen LogP contribution in [0.25, 0.3) is 61.7 Å². The van der Waals surface area contributed by atoms with Crippen molar-refractivity contribution in [2.45, 2.75) is 12.3 Å². The van der Waals surface area contributed by atoms with Crippen LogP contribution in [0.1, 0.15) is 23.7 Å². The van der Waals surface area contributed by atoms with E-state index in [0.717, 1.165) is 45.8 Å².